The smallest absolute Gasteiger partial charge is 0.343 e. The summed E-state index contributed by atoms with van der Waals surface area (Å²) in [4.78, 5) is 44.4. The van der Waals surface area contributed by atoms with Gasteiger partial charge in [-0.1, -0.05) is 29.5 Å². The number of nitrogens with zero attached hydrogens (tertiary/aromatic N) is 2. The van der Waals surface area contributed by atoms with Crippen LogP contribution in [0.1, 0.15) is 43.5 Å². The molecular formula is C36H34BrFN2O9S. The molecule has 0 N–H and O–H groups in total. The molecule has 262 valence electrons. The molecule has 0 radical (unpaired) electrons. The second-order valence-corrected chi connectivity index (χ2v) is 12.6. The summed E-state index contributed by atoms with van der Waals surface area (Å²) < 4.78 is 49.2. The molecule has 0 fully saturated rings. The van der Waals surface area contributed by atoms with E-state index in [2.05, 4.69) is 25.7 Å². The fraction of sp³-hybridized carbons (Fsp3) is 0.278. The Hall–Kier alpha value is -4.95. The average molecular weight is 770 g/mol. The van der Waals surface area contributed by atoms with Crippen LogP contribution in [0.5, 0.6) is 23.0 Å². The summed E-state index contributed by atoms with van der Waals surface area (Å²) in [6.07, 6.45) is 1.70. The Balaban J connectivity index is 1.58. The fourth-order valence-electron chi connectivity index (χ4n) is 5.28. The second kappa shape index (κ2) is 16.2. The number of ether oxygens (including phenoxy) is 6. The first-order chi connectivity index (χ1) is 24.1. The highest BCUT2D eigenvalue weighted by Crippen LogP contribution is 2.38. The summed E-state index contributed by atoms with van der Waals surface area (Å²) in [7, 11) is 2.76. The van der Waals surface area contributed by atoms with Crippen molar-refractivity contribution >= 4 is 45.3 Å². The minimum absolute atomic E-state index is 0.107. The van der Waals surface area contributed by atoms with E-state index < -0.39 is 23.5 Å². The van der Waals surface area contributed by atoms with Gasteiger partial charge < -0.3 is 28.4 Å². The Kier molecular flexibility index (Phi) is 11.8. The van der Waals surface area contributed by atoms with Gasteiger partial charge in [0.15, 0.2) is 34.4 Å². The van der Waals surface area contributed by atoms with Crippen LogP contribution in [0.4, 0.5) is 4.39 Å². The van der Waals surface area contributed by atoms with Gasteiger partial charge in [-0.05, 0) is 95.9 Å². The number of esters is 2. The highest BCUT2D eigenvalue weighted by Gasteiger charge is 2.34. The highest BCUT2D eigenvalue weighted by molar-refractivity contribution is 9.10. The second-order valence-electron chi connectivity index (χ2n) is 10.8. The van der Waals surface area contributed by atoms with Crippen LogP contribution in [0.3, 0.4) is 0 Å². The lowest BCUT2D eigenvalue weighted by Crippen LogP contribution is -2.40. The molecule has 3 aromatic carbocycles. The minimum Gasteiger partial charge on any atom is -0.493 e. The molecule has 1 atom stereocenters. The Labute approximate surface area is 299 Å². The Morgan fingerprint density at radius 3 is 2.50 bits per heavy atom. The van der Waals surface area contributed by atoms with E-state index in [1.54, 1.807) is 69.3 Å². The molecule has 2 heterocycles. The van der Waals surface area contributed by atoms with E-state index >= 15 is 0 Å². The predicted molar refractivity (Wildman–Crippen MR) is 187 cm³/mol. The molecule has 4 aromatic rings. The number of hydrogen-bond acceptors (Lipinski definition) is 11. The lowest BCUT2D eigenvalue weighted by atomic mass is 9.95. The number of rotatable bonds is 13. The van der Waals surface area contributed by atoms with Crippen molar-refractivity contribution in [1.82, 2.24) is 4.57 Å². The van der Waals surface area contributed by atoms with E-state index in [4.69, 9.17) is 23.7 Å². The number of fused-ring (bicyclic) bond motifs is 1. The zero-order valence-electron chi connectivity index (χ0n) is 27.9. The number of allylic oxidation sites excluding steroid dienone is 1. The van der Waals surface area contributed by atoms with Crippen molar-refractivity contribution in [3.05, 3.63) is 113 Å². The number of halogens is 2. The molecule has 0 saturated heterocycles. The first kappa shape index (κ1) is 36.3. The topological polar surface area (TPSA) is 124 Å². The third kappa shape index (κ3) is 7.92. The van der Waals surface area contributed by atoms with E-state index in [1.165, 1.54) is 30.9 Å². The molecule has 0 bridgehead atoms. The summed E-state index contributed by atoms with van der Waals surface area (Å²) in [6.45, 7) is 5.37. The maximum absolute atomic E-state index is 14.2. The van der Waals surface area contributed by atoms with Gasteiger partial charge in [-0.25, -0.2) is 19.0 Å². The summed E-state index contributed by atoms with van der Waals surface area (Å²) in [6, 6.07) is 13.7. The Bertz CT molecular complexity index is 2140. The van der Waals surface area contributed by atoms with Gasteiger partial charge >= 0.3 is 11.9 Å². The number of methoxy groups -OCH3 is 2. The van der Waals surface area contributed by atoms with Crippen molar-refractivity contribution in [1.29, 1.82) is 0 Å². The number of benzene rings is 3. The maximum Gasteiger partial charge on any atom is 0.343 e. The van der Waals surface area contributed by atoms with Crippen molar-refractivity contribution in [2.45, 2.75) is 33.4 Å². The van der Waals surface area contributed by atoms with Crippen LogP contribution in [0.2, 0.25) is 0 Å². The maximum atomic E-state index is 14.2. The van der Waals surface area contributed by atoms with Crippen LogP contribution in [0, 0.1) is 5.82 Å². The molecule has 1 aromatic heterocycles. The molecule has 0 aliphatic carbocycles. The zero-order valence-corrected chi connectivity index (χ0v) is 30.3. The van der Waals surface area contributed by atoms with Gasteiger partial charge in [-0.15, -0.1) is 0 Å². The number of carbonyl (C=O) groups excluding carboxylic acids is 2. The highest BCUT2D eigenvalue weighted by atomic mass is 79.9. The van der Waals surface area contributed by atoms with Gasteiger partial charge in [0.05, 0.1) is 53.8 Å². The summed E-state index contributed by atoms with van der Waals surface area (Å²) >= 11 is 4.71. The van der Waals surface area contributed by atoms with Crippen LogP contribution >= 0.6 is 27.3 Å². The number of aromatic nitrogens is 1. The first-order valence-corrected chi connectivity index (χ1v) is 17.1. The molecule has 11 nitrogen and oxygen atoms in total. The summed E-state index contributed by atoms with van der Waals surface area (Å²) in [5.41, 5.74) is 2.01. The minimum atomic E-state index is -0.916. The number of hydrogen-bond donors (Lipinski definition) is 0. The van der Waals surface area contributed by atoms with Crippen LogP contribution in [0.15, 0.2) is 80.1 Å². The zero-order chi connectivity index (χ0) is 35.9. The van der Waals surface area contributed by atoms with Crippen molar-refractivity contribution in [3.63, 3.8) is 0 Å². The average Bonchev–Trinajstić information content (AvgIpc) is 3.39. The van der Waals surface area contributed by atoms with Crippen LogP contribution in [-0.2, 0) is 25.7 Å². The third-order valence-electron chi connectivity index (χ3n) is 7.50. The van der Waals surface area contributed by atoms with E-state index in [0.717, 1.165) is 11.3 Å². The van der Waals surface area contributed by atoms with Gasteiger partial charge in [0.1, 0.15) is 12.4 Å². The lowest BCUT2D eigenvalue weighted by Gasteiger charge is -2.25. The molecule has 0 unspecified atom stereocenters. The van der Waals surface area contributed by atoms with E-state index in [0.29, 0.717) is 53.4 Å². The van der Waals surface area contributed by atoms with Gasteiger partial charge in [0.25, 0.3) is 5.56 Å². The molecule has 0 spiro atoms. The Morgan fingerprint density at radius 1 is 1.00 bits per heavy atom. The van der Waals surface area contributed by atoms with Crippen LogP contribution < -0.4 is 33.8 Å². The molecule has 0 saturated carbocycles. The fourth-order valence-corrected chi connectivity index (χ4v) is 6.90. The molecule has 1 aliphatic heterocycles. The summed E-state index contributed by atoms with van der Waals surface area (Å²) in [5, 5.41) is 0. The van der Waals surface area contributed by atoms with Crippen LogP contribution in [-0.4, -0.2) is 50.5 Å². The van der Waals surface area contributed by atoms with Crippen molar-refractivity contribution in [2.75, 3.05) is 34.0 Å². The van der Waals surface area contributed by atoms with Crippen molar-refractivity contribution < 1.29 is 42.4 Å². The first-order valence-electron chi connectivity index (χ1n) is 15.5. The van der Waals surface area contributed by atoms with Gasteiger partial charge in [-0.3, -0.25) is 9.36 Å². The largest absolute Gasteiger partial charge is 0.493 e. The van der Waals surface area contributed by atoms with E-state index in [9.17, 15) is 18.8 Å². The Morgan fingerprint density at radius 2 is 1.80 bits per heavy atom. The quantitative estimate of drug-likeness (QED) is 0.168. The number of thiazole rings is 1. The van der Waals surface area contributed by atoms with Crippen molar-refractivity contribution in [2.24, 2.45) is 4.99 Å². The standard InChI is InChI=1S/C36H34BrFN2O9S/c1-6-46-27-17-23(11-12-26(27)48-19-30(41)45-5)32-31(35(43)47-7-2)20(3)39-36-40(32)34(42)29(50-36)16-22-14-25(37)33(28(15-22)44-4)49-18-21-9-8-10-24(38)13-21/h8-17,32H,6-7,18-19H2,1-5H3/b29-16-/t32-/m1/s1. The predicted octanol–water partition coefficient (Wildman–Crippen LogP) is 5.24. The SMILES string of the molecule is CCOC(=O)C1=C(C)N=c2s/c(=C\c3cc(Br)c(OCc4cccc(F)c4)c(OC)c3)c(=O)n2[C@@H]1c1ccc(OCC(=O)OC)c(OCC)c1. The molecule has 14 heteroatoms. The molecule has 50 heavy (non-hydrogen) atoms. The van der Waals surface area contributed by atoms with Gasteiger partial charge in [0, 0.05) is 0 Å². The molecular weight excluding hydrogens is 735 g/mol. The van der Waals surface area contributed by atoms with Crippen LogP contribution in [0.25, 0.3) is 6.08 Å². The lowest BCUT2D eigenvalue weighted by molar-refractivity contribution is -0.143. The monoisotopic (exact) mass is 768 g/mol. The van der Waals surface area contributed by atoms with E-state index in [1.807, 2.05) is 0 Å². The molecule has 5 rings (SSSR count). The van der Waals surface area contributed by atoms with Gasteiger partial charge in [-0.2, -0.15) is 0 Å². The normalized spacial score (nSPS) is 14.1. The van der Waals surface area contributed by atoms with E-state index in [-0.39, 0.29) is 43.6 Å². The third-order valence-corrected chi connectivity index (χ3v) is 9.07. The molecule has 1 aliphatic rings. The summed E-state index contributed by atoms with van der Waals surface area (Å²) in [5.74, 6) is -0.139. The molecule has 0 amide bonds. The number of carbonyl (C=O) groups is 2. The van der Waals surface area contributed by atoms with Crippen molar-refractivity contribution in [3.8, 4) is 23.0 Å². The van der Waals surface area contributed by atoms with Gasteiger partial charge in [0.2, 0.25) is 0 Å².